The molecule has 2 heterocycles. The van der Waals surface area contributed by atoms with E-state index in [9.17, 15) is 15.2 Å². The number of rotatable bonds is 4. The maximum Gasteiger partial charge on any atom is 0.259 e. The van der Waals surface area contributed by atoms with Crippen LogP contribution in [0.2, 0.25) is 0 Å². The van der Waals surface area contributed by atoms with Gasteiger partial charge in [0.05, 0.1) is 23.8 Å². The molecule has 0 radical (unpaired) electrons. The number of benzene rings is 1. The second-order valence-corrected chi connectivity index (χ2v) is 7.52. The first-order valence-corrected chi connectivity index (χ1v) is 8.71. The number of aliphatic hydroxyl groups is 1. The highest BCUT2D eigenvalue weighted by Crippen LogP contribution is 2.42. The third-order valence-corrected chi connectivity index (χ3v) is 5.16. The second kappa shape index (κ2) is 6.66. The normalized spacial score (nSPS) is 22.0. The smallest absolute Gasteiger partial charge is 0.259 e. The van der Waals surface area contributed by atoms with Crippen molar-refractivity contribution in [2.24, 2.45) is 0 Å². The van der Waals surface area contributed by atoms with E-state index in [1.165, 1.54) is 4.90 Å². The van der Waals surface area contributed by atoms with Crippen LogP contribution in [0, 0.1) is 11.3 Å². The number of carbonyl (C=O) groups excluding carboxylic acids is 1. The molecule has 1 amide bonds. The Bertz CT molecular complexity index is 702. The van der Waals surface area contributed by atoms with Crippen LogP contribution in [0.15, 0.2) is 18.2 Å². The van der Waals surface area contributed by atoms with Crippen molar-refractivity contribution in [3.05, 3.63) is 29.3 Å². The number of hydrogen-bond acceptors (Lipinski definition) is 5. The number of piperidine rings is 1. The Hall–Kier alpha value is -2.10. The molecule has 1 saturated heterocycles. The summed E-state index contributed by atoms with van der Waals surface area (Å²) in [6, 6.07) is 6.94. The van der Waals surface area contributed by atoms with Gasteiger partial charge in [0, 0.05) is 18.7 Å². The molecule has 1 unspecified atom stereocenters. The number of amides is 1. The van der Waals surface area contributed by atoms with Crippen molar-refractivity contribution in [3.63, 3.8) is 0 Å². The average Bonchev–Trinajstić information content (AvgIpc) is 2.90. The summed E-state index contributed by atoms with van der Waals surface area (Å²) in [4.78, 5) is 16.8. The van der Waals surface area contributed by atoms with Gasteiger partial charge >= 0.3 is 0 Å². The molecule has 2 aliphatic heterocycles. The van der Waals surface area contributed by atoms with Gasteiger partial charge in [0.15, 0.2) is 0 Å². The minimum atomic E-state index is -0.818. The first-order valence-electron chi connectivity index (χ1n) is 8.71. The summed E-state index contributed by atoms with van der Waals surface area (Å²) in [6.45, 7) is 5.25. The fraction of sp³-hybridized carbons (Fsp3) is 0.579. The van der Waals surface area contributed by atoms with Crippen LogP contribution in [-0.2, 0) is 0 Å². The zero-order chi connectivity index (χ0) is 18.2. The molecule has 6 nitrogen and oxygen atoms in total. The molecule has 6 heteroatoms. The standard InChI is InChI=1S/C19H25N3O3/c1-19(2,12-23)22-15(11-20)14-5-4-6-16(17(14)18(22)24)25-13-7-9-21(3)10-8-13/h4-6,13,15,23H,7-10,12H2,1-3H3. The molecule has 134 valence electrons. The van der Waals surface area contributed by atoms with E-state index in [1.807, 2.05) is 6.07 Å². The number of carbonyl (C=O) groups is 1. The number of nitriles is 1. The van der Waals surface area contributed by atoms with E-state index in [1.54, 1.807) is 26.0 Å². The Morgan fingerprint density at radius 2 is 2.04 bits per heavy atom. The van der Waals surface area contributed by atoms with Gasteiger partial charge in [-0.1, -0.05) is 12.1 Å². The van der Waals surface area contributed by atoms with E-state index in [0.717, 1.165) is 25.9 Å². The molecule has 0 saturated carbocycles. The molecule has 0 aliphatic carbocycles. The van der Waals surface area contributed by atoms with Gasteiger partial charge < -0.3 is 19.6 Å². The predicted molar refractivity (Wildman–Crippen MR) is 93.3 cm³/mol. The van der Waals surface area contributed by atoms with Crippen molar-refractivity contribution in [2.45, 2.75) is 44.4 Å². The van der Waals surface area contributed by atoms with Crippen molar-refractivity contribution in [1.82, 2.24) is 9.80 Å². The molecule has 0 spiro atoms. The molecule has 0 bridgehead atoms. The monoisotopic (exact) mass is 343 g/mol. The van der Waals surface area contributed by atoms with E-state index in [-0.39, 0.29) is 18.6 Å². The van der Waals surface area contributed by atoms with Crippen LogP contribution in [0.4, 0.5) is 0 Å². The van der Waals surface area contributed by atoms with Gasteiger partial charge in [0.25, 0.3) is 5.91 Å². The highest BCUT2D eigenvalue weighted by molar-refractivity contribution is 6.02. The molecule has 1 fully saturated rings. The van der Waals surface area contributed by atoms with Crippen LogP contribution in [-0.4, -0.2) is 59.2 Å². The molecular weight excluding hydrogens is 318 g/mol. The zero-order valence-electron chi connectivity index (χ0n) is 15.0. The van der Waals surface area contributed by atoms with Gasteiger partial charge in [0.1, 0.15) is 17.9 Å². The summed E-state index contributed by atoms with van der Waals surface area (Å²) in [7, 11) is 2.09. The van der Waals surface area contributed by atoms with E-state index in [0.29, 0.717) is 16.9 Å². The zero-order valence-corrected chi connectivity index (χ0v) is 15.0. The fourth-order valence-electron chi connectivity index (χ4n) is 3.59. The Labute approximate surface area is 148 Å². The maximum atomic E-state index is 13.1. The SMILES string of the molecule is CN1CCC(Oc2cccc3c2C(=O)N(C(C)(C)CO)C3C#N)CC1. The fourth-order valence-corrected chi connectivity index (χ4v) is 3.59. The Kier molecular flexibility index (Phi) is 4.72. The molecule has 0 aromatic heterocycles. The second-order valence-electron chi connectivity index (χ2n) is 7.52. The summed E-state index contributed by atoms with van der Waals surface area (Å²) in [5.74, 6) is 0.303. The van der Waals surface area contributed by atoms with Crippen LogP contribution in [0.1, 0.15) is 48.7 Å². The van der Waals surface area contributed by atoms with E-state index in [4.69, 9.17) is 4.74 Å². The van der Waals surface area contributed by atoms with Gasteiger partial charge in [0.2, 0.25) is 0 Å². The molecule has 1 aromatic carbocycles. The van der Waals surface area contributed by atoms with Crippen molar-refractivity contribution < 1.29 is 14.6 Å². The lowest BCUT2D eigenvalue weighted by Crippen LogP contribution is -2.48. The Morgan fingerprint density at radius 1 is 1.36 bits per heavy atom. The summed E-state index contributed by atoms with van der Waals surface area (Å²) in [5.41, 5.74) is 0.315. The van der Waals surface area contributed by atoms with E-state index < -0.39 is 11.6 Å². The van der Waals surface area contributed by atoms with Crippen molar-refractivity contribution in [2.75, 3.05) is 26.7 Å². The minimum Gasteiger partial charge on any atom is -0.489 e. The summed E-state index contributed by atoms with van der Waals surface area (Å²) < 4.78 is 6.16. The predicted octanol–water partition coefficient (Wildman–Crippen LogP) is 1.95. The van der Waals surface area contributed by atoms with E-state index >= 15 is 0 Å². The highest BCUT2D eigenvalue weighted by atomic mass is 16.5. The summed E-state index contributed by atoms with van der Waals surface area (Å²) in [5, 5.41) is 19.3. The number of nitrogens with zero attached hydrogens (tertiary/aromatic N) is 3. The quantitative estimate of drug-likeness (QED) is 0.904. The number of aliphatic hydroxyl groups excluding tert-OH is 1. The average molecular weight is 343 g/mol. The van der Waals surface area contributed by atoms with Gasteiger partial charge in [-0.15, -0.1) is 0 Å². The lowest BCUT2D eigenvalue weighted by molar-refractivity contribution is 0.0333. The Balaban J connectivity index is 1.93. The maximum absolute atomic E-state index is 13.1. The number of likely N-dealkylation sites (tertiary alicyclic amines) is 1. The molecule has 25 heavy (non-hydrogen) atoms. The molecule has 1 aromatic rings. The first kappa shape index (κ1) is 17.7. The lowest BCUT2D eigenvalue weighted by atomic mass is 10.0. The number of fused-ring (bicyclic) bond motifs is 1. The number of ether oxygens (including phenoxy) is 1. The third-order valence-electron chi connectivity index (χ3n) is 5.16. The van der Waals surface area contributed by atoms with Crippen molar-refractivity contribution in [1.29, 1.82) is 5.26 Å². The number of hydrogen-bond donors (Lipinski definition) is 1. The Morgan fingerprint density at radius 3 is 2.64 bits per heavy atom. The largest absolute Gasteiger partial charge is 0.489 e. The highest BCUT2D eigenvalue weighted by Gasteiger charge is 2.46. The van der Waals surface area contributed by atoms with Crippen LogP contribution < -0.4 is 4.74 Å². The first-order chi connectivity index (χ1) is 11.9. The molecule has 2 aliphatic rings. The molecular formula is C19H25N3O3. The van der Waals surface area contributed by atoms with Crippen LogP contribution in [0.3, 0.4) is 0 Å². The van der Waals surface area contributed by atoms with Crippen LogP contribution in [0.5, 0.6) is 5.75 Å². The van der Waals surface area contributed by atoms with Crippen molar-refractivity contribution in [3.8, 4) is 11.8 Å². The third kappa shape index (κ3) is 3.10. The van der Waals surface area contributed by atoms with Gasteiger partial charge in [-0.3, -0.25) is 4.79 Å². The van der Waals surface area contributed by atoms with Crippen LogP contribution in [0.25, 0.3) is 0 Å². The molecule has 1 atom stereocenters. The molecule has 3 rings (SSSR count). The van der Waals surface area contributed by atoms with Gasteiger partial charge in [-0.2, -0.15) is 5.26 Å². The van der Waals surface area contributed by atoms with Crippen molar-refractivity contribution >= 4 is 5.91 Å². The lowest BCUT2D eigenvalue weighted by Gasteiger charge is -2.36. The van der Waals surface area contributed by atoms with Gasteiger partial charge in [-0.05, 0) is 39.8 Å². The summed E-state index contributed by atoms with van der Waals surface area (Å²) >= 11 is 0. The van der Waals surface area contributed by atoms with E-state index in [2.05, 4.69) is 18.0 Å². The topological polar surface area (TPSA) is 76.8 Å². The van der Waals surface area contributed by atoms with Gasteiger partial charge in [-0.25, -0.2) is 0 Å². The molecule has 1 N–H and O–H groups in total. The minimum absolute atomic E-state index is 0.0796. The van der Waals surface area contributed by atoms with Crippen LogP contribution >= 0.6 is 0 Å². The summed E-state index contributed by atoms with van der Waals surface area (Å²) in [6.07, 6.45) is 1.92.